The summed E-state index contributed by atoms with van der Waals surface area (Å²) in [5.41, 5.74) is 6.12. The number of anilines is 2. The van der Waals surface area contributed by atoms with Crippen molar-refractivity contribution in [3.63, 3.8) is 0 Å². The molecule has 1 aromatic heterocycles. The molecule has 160 valence electrons. The van der Waals surface area contributed by atoms with Crippen molar-refractivity contribution in [2.75, 3.05) is 10.2 Å². The number of aromatic nitrogens is 1. The largest absolute Gasteiger partial charge is 0.384 e. The molecule has 1 atom stereocenters. The average molecular weight is 429 g/mol. The van der Waals surface area contributed by atoms with Crippen LogP contribution in [0, 0.1) is 22.6 Å². The number of ketones is 1. The Morgan fingerprint density at radius 1 is 1.25 bits per heavy atom. The Bertz CT molecular complexity index is 1310. The van der Waals surface area contributed by atoms with Gasteiger partial charge in [-0.25, -0.2) is 4.39 Å². The first-order valence-electron chi connectivity index (χ1n) is 10.2. The second kappa shape index (κ2) is 6.50. The highest BCUT2D eigenvalue weighted by Crippen LogP contribution is 2.57. The number of halogens is 1. The minimum atomic E-state index is -1.79. The number of pyridine rings is 1. The molecule has 1 aliphatic carbocycles. The maximum absolute atomic E-state index is 14.4. The normalized spacial score (nSPS) is 23.8. The summed E-state index contributed by atoms with van der Waals surface area (Å²) in [5, 5.41) is 12.9. The van der Waals surface area contributed by atoms with Crippen LogP contribution in [0.5, 0.6) is 0 Å². The van der Waals surface area contributed by atoms with E-state index in [2.05, 4.69) is 16.4 Å². The molecule has 1 aromatic carbocycles. The van der Waals surface area contributed by atoms with Crippen molar-refractivity contribution >= 4 is 23.1 Å². The fourth-order valence-electron chi connectivity index (χ4n) is 5.17. The number of allylic oxidation sites excluding steroid dienone is 1. The van der Waals surface area contributed by atoms with Gasteiger partial charge in [0.2, 0.25) is 5.91 Å². The van der Waals surface area contributed by atoms with Crippen LogP contribution in [0.2, 0.25) is 0 Å². The van der Waals surface area contributed by atoms with E-state index in [0.717, 1.165) is 0 Å². The zero-order chi connectivity index (χ0) is 22.8. The molecule has 0 fully saturated rings. The van der Waals surface area contributed by atoms with E-state index in [1.165, 1.54) is 18.2 Å². The zero-order valence-corrected chi connectivity index (χ0v) is 17.6. The summed E-state index contributed by atoms with van der Waals surface area (Å²) in [5.74, 6) is -1.39. The third kappa shape index (κ3) is 2.48. The summed E-state index contributed by atoms with van der Waals surface area (Å²) in [6.07, 6.45) is 3.81. The highest BCUT2D eigenvalue weighted by Gasteiger charge is 2.61. The highest BCUT2D eigenvalue weighted by molar-refractivity contribution is 6.20. The molecule has 3 heterocycles. The molecule has 8 heteroatoms. The Morgan fingerprint density at radius 3 is 2.72 bits per heavy atom. The minimum absolute atomic E-state index is 0.0250. The van der Waals surface area contributed by atoms with Crippen LogP contribution >= 0.6 is 0 Å². The number of nitrogens with one attached hydrogen (secondary N) is 1. The molecular formula is C24H20FN5O2. The lowest BCUT2D eigenvalue weighted by molar-refractivity contribution is -0.123. The Labute approximate surface area is 184 Å². The summed E-state index contributed by atoms with van der Waals surface area (Å²) in [6, 6.07) is 9.44. The number of carbonyl (C=O) groups is 2. The van der Waals surface area contributed by atoms with Gasteiger partial charge in [-0.2, -0.15) is 5.26 Å². The Balaban J connectivity index is 1.92. The van der Waals surface area contributed by atoms with Gasteiger partial charge in [0.1, 0.15) is 23.1 Å². The molecule has 2 aliphatic heterocycles. The summed E-state index contributed by atoms with van der Waals surface area (Å²) >= 11 is 0. The number of nitriles is 1. The Hall–Kier alpha value is -3.99. The van der Waals surface area contributed by atoms with E-state index in [1.54, 1.807) is 29.4 Å². The first kappa shape index (κ1) is 19.9. The number of carbonyl (C=O) groups excluding carboxylic acids is 2. The first-order valence-corrected chi connectivity index (χ1v) is 10.2. The molecule has 1 amide bonds. The number of hydrogen-bond donors (Lipinski definition) is 2. The fraction of sp³-hybridized carbons (Fsp3) is 0.250. The molecule has 5 rings (SSSR count). The molecule has 7 nitrogen and oxygen atoms in total. The summed E-state index contributed by atoms with van der Waals surface area (Å²) in [6.45, 7) is 3.93. The smallest absolute Gasteiger partial charge is 0.245 e. The van der Waals surface area contributed by atoms with Crippen molar-refractivity contribution in [1.29, 1.82) is 5.26 Å². The van der Waals surface area contributed by atoms with Gasteiger partial charge in [-0.1, -0.05) is 13.8 Å². The highest BCUT2D eigenvalue weighted by atomic mass is 19.1. The van der Waals surface area contributed by atoms with Crippen LogP contribution in [0.3, 0.4) is 0 Å². The molecule has 3 aliphatic rings. The predicted molar refractivity (Wildman–Crippen MR) is 115 cm³/mol. The number of fused-ring (bicyclic) bond motifs is 3. The maximum atomic E-state index is 14.4. The number of benzene rings is 1. The summed E-state index contributed by atoms with van der Waals surface area (Å²) in [7, 11) is 0. The van der Waals surface area contributed by atoms with Gasteiger partial charge in [0.25, 0.3) is 0 Å². The topological polar surface area (TPSA) is 112 Å². The van der Waals surface area contributed by atoms with Gasteiger partial charge in [-0.3, -0.25) is 19.5 Å². The molecule has 3 N–H and O–H groups in total. The van der Waals surface area contributed by atoms with Crippen LogP contribution in [0.4, 0.5) is 15.8 Å². The van der Waals surface area contributed by atoms with Crippen molar-refractivity contribution in [1.82, 2.24) is 4.98 Å². The second-order valence-corrected chi connectivity index (χ2v) is 9.08. The number of hydrogen-bond acceptors (Lipinski definition) is 6. The van der Waals surface area contributed by atoms with E-state index in [0.29, 0.717) is 23.5 Å². The van der Waals surface area contributed by atoms with Crippen molar-refractivity contribution in [3.05, 3.63) is 76.8 Å². The van der Waals surface area contributed by atoms with Crippen LogP contribution in [-0.4, -0.2) is 16.7 Å². The fourth-order valence-corrected chi connectivity index (χ4v) is 5.17. The molecule has 0 saturated heterocycles. The van der Waals surface area contributed by atoms with Gasteiger partial charge in [0, 0.05) is 35.1 Å². The van der Waals surface area contributed by atoms with Gasteiger partial charge in [-0.15, -0.1) is 0 Å². The number of nitrogens with zero attached hydrogens (tertiary/aromatic N) is 3. The number of Topliss-reactive ketones (excluding diaryl/α,β-unsaturated/α-hetero) is 1. The summed E-state index contributed by atoms with van der Waals surface area (Å²) in [4.78, 5) is 33.0. The molecule has 0 bridgehead atoms. The summed E-state index contributed by atoms with van der Waals surface area (Å²) < 4.78 is 14.4. The van der Waals surface area contributed by atoms with E-state index in [1.807, 2.05) is 13.8 Å². The van der Waals surface area contributed by atoms with Crippen LogP contribution in [0.25, 0.3) is 0 Å². The molecule has 0 saturated carbocycles. The molecule has 1 spiro atoms. The van der Waals surface area contributed by atoms with Gasteiger partial charge in [0.05, 0.1) is 17.5 Å². The van der Waals surface area contributed by atoms with Crippen molar-refractivity contribution < 1.29 is 14.0 Å². The van der Waals surface area contributed by atoms with E-state index in [4.69, 9.17) is 5.73 Å². The first-order chi connectivity index (χ1) is 15.2. The van der Waals surface area contributed by atoms with Gasteiger partial charge < -0.3 is 11.1 Å². The number of nitrogens with two attached hydrogens (primary N) is 1. The third-order valence-electron chi connectivity index (χ3n) is 6.36. The molecule has 32 heavy (non-hydrogen) atoms. The van der Waals surface area contributed by atoms with Gasteiger partial charge in [0.15, 0.2) is 5.78 Å². The quantitative estimate of drug-likeness (QED) is 0.720. The number of amides is 1. The van der Waals surface area contributed by atoms with Crippen molar-refractivity contribution in [3.8, 4) is 6.07 Å². The zero-order valence-electron chi connectivity index (χ0n) is 17.6. The van der Waals surface area contributed by atoms with Crippen LogP contribution in [0.1, 0.15) is 32.3 Å². The standard InChI is InChI=1S/C24H20FN5O2/c1-23(2)9-18-20(19(31)10-23)24(15-8-13(25)5-6-17(15)29-22(24)32)16(11-26)21(27)30(18)14-4-3-7-28-12-14/h3-8,12H,9-10,27H2,1-2H3,(H,29,32)/t24-/m1/s1. The van der Waals surface area contributed by atoms with Crippen molar-refractivity contribution in [2.24, 2.45) is 11.1 Å². The molecule has 0 unspecified atom stereocenters. The average Bonchev–Trinajstić information content (AvgIpc) is 3.00. The Kier molecular flexibility index (Phi) is 4.05. The van der Waals surface area contributed by atoms with Gasteiger partial charge >= 0.3 is 0 Å². The predicted octanol–water partition coefficient (Wildman–Crippen LogP) is 3.27. The maximum Gasteiger partial charge on any atom is 0.245 e. The van der Waals surface area contributed by atoms with Crippen LogP contribution in [0.15, 0.2) is 65.4 Å². The second-order valence-electron chi connectivity index (χ2n) is 9.08. The molecule has 0 radical (unpaired) electrons. The van der Waals surface area contributed by atoms with E-state index in [9.17, 15) is 19.2 Å². The lowest BCUT2D eigenvalue weighted by Gasteiger charge is -2.46. The van der Waals surface area contributed by atoms with Gasteiger partial charge in [-0.05, 0) is 42.2 Å². The molecule has 2 aromatic rings. The lowest BCUT2D eigenvalue weighted by atomic mass is 9.60. The molecular weight excluding hydrogens is 409 g/mol. The van der Waals surface area contributed by atoms with Crippen LogP contribution in [-0.2, 0) is 15.0 Å². The minimum Gasteiger partial charge on any atom is -0.384 e. The SMILES string of the molecule is CC1(C)CC(=O)C2=C(C1)N(c1cccnc1)C(N)=C(C#N)[C@@]21C(=O)Nc2ccc(F)cc21. The Morgan fingerprint density at radius 2 is 2.03 bits per heavy atom. The monoisotopic (exact) mass is 429 g/mol. The van der Waals surface area contributed by atoms with E-state index in [-0.39, 0.29) is 34.7 Å². The number of rotatable bonds is 1. The van der Waals surface area contributed by atoms with E-state index < -0.39 is 22.6 Å². The third-order valence-corrected chi connectivity index (χ3v) is 6.36. The van der Waals surface area contributed by atoms with Crippen molar-refractivity contribution in [2.45, 2.75) is 32.1 Å². The van der Waals surface area contributed by atoms with Crippen LogP contribution < -0.4 is 16.0 Å². The van der Waals surface area contributed by atoms with E-state index >= 15 is 0 Å². The lowest BCUT2D eigenvalue weighted by Crippen LogP contribution is -2.52.